The van der Waals surface area contributed by atoms with Gasteiger partial charge in [-0.1, -0.05) is 6.92 Å². The third-order valence-electron chi connectivity index (χ3n) is 3.93. The molecule has 0 amide bonds. The van der Waals surface area contributed by atoms with E-state index in [9.17, 15) is 13.2 Å². The van der Waals surface area contributed by atoms with Crippen LogP contribution in [0.1, 0.15) is 19.0 Å². The van der Waals surface area contributed by atoms with E-state index in [0.717, 1.165) is 12.5 Å². The molecule has 2 N–H and O–H groups in total. The molecule has 1 fully saturated rings. The first-order valence-corrected chi connectivity index (χ1v) is 6.78. The Morgan fingerprint density at radius 3 is 2.81 bits per heavy atom. The summed E-state index contributed by atoms with van der Waals surface area (Å²) in [5.74, 6) is 0.796. The first-order chi connectivity index (χ1) is 9.86. The fourth-order valence-electron chi connectivity index (χ4n) is 2.65. The average Bonchev–Trinajstić information content (AvgIpc) is 2.86. The highest BCUT2D eigenvalue weighted by Crippen LogP contribution is 2.31. The van der Waals surface area contributed by atoms with E-state index in [1.807, 2.05) is 11.8 Å². The number of rotatable bonds is 1. The number of nitrogens with two attached hydrogens (primary N) is 1. The van der Waals surface area contributed by atoms with E-state index in [2.05, 4.69) is 10.1 Å². The molecule has 2 aromatic rings. The molecule has 2 aromatic heterocycles. The van der Waals surface area contributed by atoms with Crippen LogP contribution in [-0.2, 0) is 6.18 Å². The van der Waals surface area contributed by atoms with Crippen LogP contribution in [0.25, 0.3) is 5.52 Å². The summed E-state index contributed by atoms with van der Waals surface area (Å²) < 4.78 is 39.6. The molecule has 0 spiro atoms. The van der Waals surface area contributed by atoms with Gasteiger partial charge in [0.05, 0.1) is 0 Å². The van der Waals surface area contributed by atoms with Crippen molar-refractivity contribution in [3.05, 3.63) is 24.2 Å². The van der Waals surface area contributed by atoms with Gasteiger partial charge in [-0.05, 0) is 12.3 Å². The van der Waals surface area contributed by atoms with Gasteiger partial charge >= 0.3 is 6.18 Å². The summed E-state index contributed by atoms with van der Waals surface area (Å²) in [5, 5.41) is 3.57. The van der Waals surface area contributed by atoms with Crippen molar-refractivity contribution in [2.75, 3.05) is 18.0 Å². The molecule has 1 aliphatic rings. The van der Waals surface area contributed by atoms with Gasteiger partial charge in [0.25, 0.3) is 0 Å². The molecule has 3 heterocycles. The van der Waals surface area contributed by atoms with Gasteiger partial charge in [-0.15, -0.1) is 0 Å². The summed E-state index contributed by atoms with van der Waals surface area (Å²) in [7, 11) is 0. The Bertz CT molecular complexity index is 651. The van der Waals surface area contributed by atoms with Crippen LogP contribution < -0.4 is 10.6 Å². The van der Waals surface area contributed by atoms with Gasteiger partial charge in [-0.3, -0.25) is 0 Å². The van der Waals surface area contributed by atoms with E-state index in [1.54, 1.807) is 0 Å². The van der Waals surface area contributed by atoms with Crippen molar-refractivity contribution < 1.29 is 13.2 Å². The monoisotopic (exact) mass is 299 g/mol. The third-order valence-corrected chi connectivity index (χ3v) is 3.93. The van der Waals surface area contributed by atoms with Gasteiger partial charge in [0.15, 0.2) is 11.5 Å². The van der Waals surface area contributed by atoms with Gasteiger partial charge in [-0.25, -0.2) is 9.50 Å². The highest BCUT2D eigenvalue weighted by molar-refractivity contribution is 5.69. The van der Waals surface area contributed by atoms with Gasteiger partial charge in [0, 0.05) is 37.6 Å². The second-order valence-corrected chi connectivity index (χ2v) is 5.48. The standard InChI is InChI=1S/C13H16F3N5/c1-8-7-20(4-2-9(8)17)12-10-6-11(13(14,15)16)19-21(10)5-3-18-12/h3,5-6,8-9H,2,4,7,17H2,1H3. The fourth-order valence-corrected chi connectivity index (χ4v) is 2.65. The fraction of sp³-hybridized carbons (Fsp3) is 0.538. The Labute approximate surface area is 119 Å². The van der Waals surface area contributed by atoms with E-state index in [0.29, 0.717) is 24.4 Å². The molecule has 114 valence electrons. The minimum Gasteiger partial charge on any atom is -0.354 e. The molecular formula is C13H16F3N5. The zero-order valence-electron chi connectivity index (χ0n) is 11.5. The quantitative estimate of drug-likeness (QED) is 0.874. The van der Waals surface area contributed by atoms with E-state index in [-0.39, 0.29) is 12.0 Å². The molecule has 3 rings (SSSR count). The maximum Gasteiger partial charge on any atom is 0.435 e. The number of piperidine rings is 1. The third kappa shape index (κ3) is 2.55. The minimum absolute atomic E-state index is 0.122. The molecule has 8 heteroatoms. The molecule has 21 heavy (non-hydrogen) atoms. The van der Waals surface area contributed by atoms with Crippen molar-refractivity contribution in [3.63, 3.8) is 0 Å². The Hall–Kier alpha value is -1.83. The molecule has 0 aromatic carbocycles. The lowest BCUT2D eigenvalue weighted by molar-refractivity contribution is -0.141. The largest absolute Gasteiger partial charge is 0.435 e. The number of anilines is 1. The summed E-state index contributed by atoms with van der Waals surface area (Å²) in [6, 6.07) is 1.17. The first kappa shape index (κ1) is 14.1. The van der Waals surface area contributed by atoms with E-state index in [1.165, 1.54) is 16.9 Å². The highest BCUT2D eigenvalue weighted by atomic mass is 19.4. The molecular weight excluding hydrogens is 283 g/mol. The molecule has 0 bridgehead atoms. The zero-order chi connectivity index (χ0) is 15.2. The number of fused-ring (bicyclic) bond motifs is 1. The van der Waals surface area contributed by atoms with Gasteiger partial charge in [0.2, 0.25) is 0 Å². The number of hydrogen-bond acceptors (Lipinski definition) is 4. The Morgan fingerprint density at radius 2 is 2.14 bits per heavy atom. The second-order valence-electron chi connectivity index (χ2n) is 5.48. The lowest BCUT2D eigenvalue weighted by Gasteiger charge is -2.35. The van der Waals surface area contributed by atoms with E-state index < -0.39 is 11.9 Å². The SMILES string of the molecule is CC1CN(c2nccn3nc(C(F)(F)F)cc23)CCC1N. The smallest absolute Gasteiger partial charge is 0.354 e. The topological polar surface area (TPSA) is 59.5 Å². The Balaban J connectivity index is 2.01. The number of halogens is 3. The lowest BCUT2D eigenvalue weighted by atomic mass is 9.95. The van der Waals surface area contributed by atoms with Crippen LogP contribution in [0, 0.1) is 5.92 Å². The molecule has 5 nitrogen and oxygen atoms in total. The van der Waals surface area contributed by atoms with Crippen LogP contribution in [0.2, 0.25) is 0 Å². The van der Waals surface area contributed by atoms with Crippen LogP contribution in [0.5, 0.6) is 0 Å². The van der Waals surface area contributed by atoms with E-state index >= 15 is 0 Å². The molecule has 0 radical (unpaired) electrons. The second kappa shape index (κ2) is 4.87. The predicted octanol–water partition coefficient (Wildman–Crippen LogP) is 1.92. The van der Waals surface area contributed by atoms with Crippen molar-refractivity contribution in [2.45, 2.75) is 25.6 Å². The molecule has 1 aliphatic heterocycles. The lowest BCUT2D eigenvalue weighted by Crippen LogP contribution is -2.46. The van der Waals surface area contributed by atoms with Crippen molar-refractivity contribution >= 4 is 11.3 Å². The maximum atomic E-state index is 12.8. The van der Waals surface area contributed by atoms with Crippen LogP contribution in [0.4, 0.5) is 19.0 Å². The number of hydrogen-bond donors (Lipinski definition) is 1. The van der Waals surface area contributed by atoms with Crippen LogP contribution >= 0.6 is 0 Å². The van der Waals surface area contributed by atoms with Crippen LogP contribution in [0.3, 0.4) is 0 Å². The molecule has 2 atom stereocenters. The predicted molar refractivity (Wildman–Crippen MR) is 72.0 cm³/mol. The van der Waals surface area contributed by atoms with Crippen LogP contribution in [-0.4, -0.2) is 33.7 Å². The summed E-state index contributed by atoms with van der Waals surface area (Å²) in [5.41, 5.74) is 5.44. The zero-order valence-corrected chi connectivity index (χ0v) is 11.5. The Kier molecular flexibility index (Phi) is 3.27. The maximum absolute atomic E-state index is 12.8. The van der Waals surface area contributed by atoms with Gasteiger partial charge in [-0.2, -0.15) is 18.3 Å². The highest BCUT2D eigenvalue weighted by Gasteiger charge is 2.35. The average molecular weight is 299 g/mol. The normalized spacial score (nSPS) is 23.8. The van der Waals surface area contributed by atoms with Crippen molar-refractivity contribution in [3.8, 4) is 0 Å². The van der Waals surface area contributed by atoms with Crippen LogP contribution in [0.15, 0.2) is 18.5 Å². The Morgan fingerprint density at radius 1 is 1.38 bits per heavy atom. The molecule has 0 saturated carbocycles. The van der Waals surface area contributed by atoms with Gasteiger partial charge < -0.3 is 10.6 Å². The van der Waals surface area contributed by atoms with Gasteiger partial charge in [0.1, 0.15) is 5.52 Å². The van der Waals surface area contributed by atoms with Crippen molar-refractivity contribution in [1.29, 1.82) is 0 Å². The summed E-state index contributed by atoms with van der Waals surface area (Å²) in [4.78, 5) is 6.22. The number of aromatic nitrogens is 3. The summed E-state index contributed by atoms with van der Waals surface area (Å²) in [6.07, 6.45) is -0.771. The summed E-state index contributed by atoms with van der Waals surface area (Å²) in [6.45, 7) is 3.40. The minimum atomic E-state index is -4.46. The molecule has 2 unspecified atom stereocenters. The molecule has 1 saturated heterocycles. The first-order valence-electron chi connectivity index (χ1n) is 6.78. The molecule has 0 aliphatic carbocycles. The number of nitrogens with zero attached hydrogens (tertiary/aromatic N) is 4. The van der Waals surface area contributed by atoms with E-state index in [4.69, 9.17) is 5.73 Å². The number of alkyl halides is 3. The van der Waals surface area contributed by atoms with Crippen molar-refractivity contribution in [2.24, 2.45) is 11.7 Å². The van der Waals surface area contributed by atoms with Crippen molar-refractivity contribution in [1.82, 2.24) is 14.6 Å². The summed E-state index contributed by atoms with van der Waals surface area (Å²) >= 11 is 0.